The first-order valence-corrected chi connectivity index (χ1v) is 10.0. The molecule has 1 aliphatic rings. The first-order valence-electron chi connectivity index (χ1n) is 10.0. The van der Waals surface area contributed by atoms with Gasteiger partial charge in [-0.05, 0) is 42.2 Å². The van der Waals surface area contributed by atoms with Crippen LogP contribution in [0, 0.1) is 0 Å². The van der Waals surface area contributed by atoms with E-state index in [1.807, 2.05) is 36.4 Å². The van der Waals surface area contributed by atoms with Crippen molar-refractivity contribution in [1.82, 2.24) is 5.32 Å². The highest BCUT2D eigenvalue weighted by Crippen LogP contribution is 2.30. The largest absolute Gasteiger partial charge is 0.493 e. The van der Waals surface area contributed by atoms with E-state index in [9.17, 15) is 9.59 Å². The van der Waals surface area contributed by atoms with Crippen molar-refractivity contribution in [2.24, 2.45) is 0 Å². The van der Waals surface area contributed by atoms with Crippen LogP contribution in [-0.4, -0.2) is 25.0 Å². The maximum Gasteiger partial charge on any atom is 0.308 e. The van der Waals surface area contributed by atoms with Gasteiger partial charge in [0.2, 0.25) is 0 Å². The maximum atomic E-state index is 13.1. The van der Waals surface area contributed by atoms with Gasteiger partial charge in [-0.1, -0.05) is 55.7 Å². The predicted octanol–water partition coefficient (Wildman–Crippen LogP) is 4.61. The maximum absolute atomic E-state index is 13.1. The van der Waals surface area contributed by atoms with E-state index in [2.05, 4.69) is 5.32 Å². The van der Waals surface area contributed by atoms with E-state index < -0.39 is 5.97 Å². The van der Waals surface area contributed by atoms with Gasteiger partial charge in [0.15, 0.2) is 11.5 Å². The molecule has 0 radical (unpaired) electrons. The van der Waals surface area contributed by atoms with Crippen LogP contribution in [0.2, 0.25) is 0 Å². The number of rotatable bonds is 6. The van der Waals surface area contributed by atoms with Crippen LogP contribution >= 0.6 is 0 Å². The first-order chi connectivity index (χ1) is 14.1. The molecule has 5 heteroatoms. The molecule has 0 bridgehead atoms. The summed E-state index contributed by atoms with van der Waals surface area (Å²) < 4.78 is 10.5. The minimum atomic E-state index is -0.413. The number of hydrogen-bond acceptors (Lipinski definition) is 4. The summed E-state index contributed by atoms with van der Waals surface area (Å²) in [6.07, 6.45) is 7.45. The number of hydrogen-bond donors (Lipinski definition) is 1. The highest BCUT2D eigenvalue weighted by molar-refractivity contribution is 6.24. The molecule has 0 aliphatic heterocycles. The number of amides is 1. The quantitative estimate of drug-likeness (QED) is 0.337. The number of ether oxygens (including phenoxy) is 2. The number of esters is 1. The summed E-state index contributed by atoms with van der Waals surface area (Å²) in [4.78, 5) is 24.4. The van der Waals surface area contributed by atoms with Crippen molar-refractivity contribution in [2.45, 2.75) is 45.1 Å². The Bertz CT molecular complexity index is 883. The first kappa shape index (κ1) is 20.6. The lowest BCUT2D eigenvalue weighted by Crippen LogP contribution is -2.36. The molecule has 3 rings (SSSR count). The predicted molar refractivity (Wildman–Crippen MR) is 114 cm³/mol. The molecule has 29 heavy (non-hydrogen) atoms. The molecule has 0 spiro atoms. The Hall–Kier alpha value is -3.08. The summed E-state index contributed by atoms with van der Waals surface area (Å²) in [7, 11) is 1.52. The molecule has 1 amide bonds. The van der Waals surface area contributed by atoms with Gasteiger partial charge in [-0.25, -0.2) is 0 Å². The van der Waals surface area contributed by atoms with Crippen LogP contribution in [0.1, 0.15) is 50.2 Å². The van der Waals surface area contributed by atoms with Gasteiger partial charge in [-0.2, -0.15) is 0 Å². The Morgan fingerprint density at radius 1 is 1.00 bits per heavy atom. The molecule has 1 fully saturated rings. The van der Waals surface area contributed by atoms with E-state index in [1.54, 1.807) is 18.2 Å². The van der Waals surface area contributed by atoms with Crippen molar-refractivity contribution >= 4 is 23.5 Å². The summed E-state index contributed by atoms with van der Waals surface area (Å²) in [5.41, 5.74) is 2.23. The molecular weight excluding hydrogens is 366 g/mol. The number of benzene rings is 2. The van der Waals surface area contributed by atoms with Crippen molar-refractivity contribution in [2.75, 3.05) is 7.11 Å². The van der Waals surface area contributed by atoms with Gasteiger partial charge in [0.05, 0.1) is 7.11 Å². The van der Waals surface area contributed by atoms with Gasteiger partial charge in [0.1, 0.15) is 0 Å². The molecule has 2 aromatic carbocycles. The van der Waals surface area contributed by atoms with Crippen molar-refractivity contribution in [3.05, 3.63) is 59.7 Å². The van der Waals surface area contributed by atoms with Crippen LogP contribution in [0.25, 0.3) is 11.6 Å². The van der Waals surface area contributed by atoms with Crippen LogP contribution < -0.4 is 14.8 Å². The Kier molecular flexibility index (Phi) is 7.06. The molecule has 0 unspecified atom stereocenters. The minimum absolute atomic E-state index is 0.0777. The topological polar surface area (TPSA) is 64.6 Å². The lowest BCUT2D eigenvalue weighted by Gasteiger charge is -2.23. The normalized spacial score (nSPS) is 14.9. The van der Waals surface area contributed by atoms with Crippen LogP contribution in [0.3, 0.4) is 0 Å². The summed E-state index contributed by atoms with van der Waals surface area (Å²) in [6, 6.07) is 15.1. The zero-order valence-corrected chi connectivity index (χ0v) is 16.9. The van der Waals surface area contributed by atoms with E-state index in [1.165, 1.54) is 20.5 Å². The summed E-state index contributed by atoms with van der Waals surface area (Å²) in [5.74, 6) is 0.300. The Labute approximate surface area is 171 Å². The average Bonchev–Trinajstić information content (AvgIpc) is 2.73. The second-order valence-electron chi connectivity index (χ2n) is 7.24. The molecule has 0 atom stereocenters. The Balaban J connectivity index is 1.92. The number of carbonyl (C=O) groups is 2. The lowest BCUT2D eigenvalue weighted by molar-refractivity contribution is -0.132. The van der Waals surface area contributed by atoms with Crippen LogP contribution in [-0.2, 0) is 9.59 Å². The van der Waals surface area contributed by atoms with Crippen LogP contribution in [0.4, 0.5) is 0 Å². The van der Waals surface area contributed by atoms with E-state index in [4.69, 9.17) is 9.47 Å². The second kappa shape index (κ2) is 9.92. The number of carbonyl (C=O) groups excluding carboxylic acids is 2. The molecule has 152 valence electrons. The monoisotopic (exact) mass is 393 g/mol. The molecule has 0 aromatic heterocycles. The summed E-state index contributed by atoms with van der Waals surface area (Å²) in [6.45, 7) is 1.34. The minimum Gasteiger partial charge on any atom is -0.493 e. The fraction of sp³-hybridized carbons (Fsp3) is 0.333. The highest BCUT2D eigenvalue weighted by atomic mass is 16.6. The fourth-order valence-corrected chi connectivity index (χ4v) is 3.59. The third-order valence-corrected chi connectivity index (χ3v) is 5.02. The van der Waals surface area contributed by atoms with Gasteiger partial charge in [-0.15, -0.1) is 0 Å². The summed E-state index contributed by atoms with van der Waals surface area (Å²) >= 11 is 0. The smallest absolute Gasteiger partial charge is 0.308 e. The number of nitrogens with one attached hydrogen (secondary N) is 1. The van der Waals surface area contributed by atoms with Crippen LogP contribution in [0.15, 0.2) is 48.5 Å². The second-order valence-corrected chi connectivity index (χ2v) is 7.24. The van der Waals surface area contributed by atoms with E-state index in [-0.39, 0.29) is 11.9 Å². The average molecular weight is 393 g/mol. The van der Waals surface area contributed by atoms with Crippen molar-refractivity contribution in [3.8, 4) is 11.5 Å². The number of methoxy groups -OCH3 is 1. The molecular formula is C24H27NO4. The summed E-state index contributed by atoms with van der Waals surface area (Å²) in [5, 5.41) is 3.20. The standard InChI is InChI=1S/C24H27NO4/c1-17(26)29-22-14-13-18(16-23(22)28-2)15-21(19-9-5-3-6-10-19)24(27)25-20-11-7-4-8-12-20/h3,5-6,9-10,13-16,20H,4,7-8,11-12H2,1-2H3,(H,25,27)/b21-15-. The molecule has 0 saturated heterocycles. The highest BCUT2D eigenvalue weighted by Gasteiger charge is 2.19. The molecule has 5 nitrogen and oxygen atoms in total. The molecule has 2 aromatic rings. The molecule has 1 N–H and O–H groups in total. The van der Waals surface area contributed by atoms with Gasteiger partial charge in [0.25, 0.3) is 5.91 Å². The lowest BCUT2D eigenvalue weighted by atomic mass is 9.94. The Morgan fingerprint density at radius 2 is 1.72 bits per heavy atom. The van der Waals surface area contributed by atoms with Gasteiger partial charge in [0, 0.05) is 18.5 Å². The molecule has 1 saturated carbocycles. The fourth-order valence-electron chi connectivity index (χ4n) is 3.59. The van der Waals surface area contributed by atoms with Gasteiger partial charge >= 0.3 is 5.97 Å². The zero-order valence-electron chi connectivity index (χ0n) is 16.9. The van der Waals surface area contributed by atoms with Crippen molar-refractivity contribution < 1.29 is 19.1 Å². The Morgan fingerprint density at radius 3 is 2.38 bits per heavy atom. The van der Waals surface area contributed by atoms with Crippen molar-refractivity contribution in [1.29, 1.82) is 0 Å². The molecule has 0 heterocycles. The van der Waals surface area contributed by atoms with E-state index in [0.717, 1.165) is 36.8 Å². The van der Waals surface area contributed by atoms with E-state index in [0.29, 0.717) is 17.1 Å². The molecule has 1 aliphatic carbocycles. The SMILES string of the molecule is COc1cc(/C=C(\C(=O)NC2CCCCC2)c2ccccc2)ccc1OC(C)=O. The van der Waals surface area contributed by atoms with Crippen LogP contribution in [0.5, 0.6) is 11.5 Å². The third kappa shape index (κ3) is 5.70. The van der Waals surface area contributed by atoms with E-state index >= 15 is 0 Å². The van der Waals surface area contributed by atoms with Crippen molar-refractivity contribution in [3.63, 3.8) is 0 Å². The zero-order chi connectivity index (χ0) is 20.6. The van der Waals surface area contributed by atoms with Gasteiger partial charge in [-0.3, -0.25) is 9.59 Å². The third-order valence-electron chi connectivity index (χ3n) is 5.02. The van der Waals surface area contributed by atoms with Gasteiger partial charge < -0.3 is 14.8 Å².